The minimum absolute atomic E-state index is 0.483. The molecule has 0 aromatic heterocycles. The van der Waals surface area contributed by atoms with Crippen LogP contribution in [0.2, 0.25) is 0 Å². The molecule has 1 atom stereocenters. The molecule has 0 saturated carbocycles. The Hall–Kier alpha value is -1.65. The first-order chi connectivity index (χ1) is 7.35. The maximum absolute atomic E-state index is 12.0. The summed E-state index contributed by atoms with van der Waals surface area (Å²) in [5, 5.41) is 2.18. The first-order valence-electron chi connectivity index (χ1n) is 5.16. The van der Waals surface area contributed by atoms with Crippen LogP contribution < -0.4 is 5.32 Å². The molecule has 1 heterocycles. The quantitative estimate of drug-likeness (QED) is 0.563. The molecule has 0 aromatic carbocycles. The van der Waals surface area contributed by atoms with Gasteiger partial charge in [0.15, 0.2) is 0 Å². The Morgan fingerprint density at radius 1 is 1.44 bits per heavy atom. The van der Waals surface area contributed by atoms with Crippen molar-refractivity contribution in [3.63, 3.8) is 0 Å². The van der Waals surface area contributed by atoms with Crippen molar-refractivity contribution in [1.29, 1.82) is 0 Å². The lowest BCUT2D eigenvalue weighted by Crippen LogP contribution is -2.62. The minimum Gasteiger partial charge on any atom is -0.276 e. The average molecular weight is 224 g/mol. The predicted octanol–water partition coefficient (Wildman–Crippen LogP) is 1.06. The van der Waals surface area contributed by atoms with Crippen molar-refractivity contribution >= 4 is 17.8 Å². The summed E-state index contributed by atoms with van der Waals surface area (Å²) in [5.74, 6) is -1.04. The number of allylic oxidation sites excluding steroid dienone is 1. The summed E-state index contributed by atoms with van der Waals surface area (Å²) in [4.78, 5) is 35.9. The molecule has 5 heteroatoms. The fourth-order valence-electron chi connectivity index (χ4n) is 1.69. The van der Waals surface area contributed by atoms with Crippen molar-refractivity contribution in [3.8, 4) is 0 Å². The van der Waals surface area contributed by atoms with Crippen molar-refractivity contribution in [3.05, 3.63) is 11.6 Å². The highest BCUT2D eigenvalue weighted by atomic mass is 16.2. The fraction of sp³-hybridized carbons (Fsp3) is 0.545. The van der Waals surface area contributed by atoms with E-state index in [1.165, 1.54) is 14.0 Å². The Kier molecular flexibility index (Phi) is 3.16. The maximum atomic E-state index is 12.0. The van der Waals surface area contributed by atoms with Crippen molar-refractivity contribution in [2.45, 2.75) is 27.2 Å². The Bertz CT molecular complexity index is 387. The molecule has 1 aliphatic heterocycles. The van der Waals surface area contributed by atoms with E-state index < -0.39 is 23.3 Å². The van der Waals surface area contributed by atoms with Gasteiger partial charge < -0.3 is 0 Å². The van der Waals surface area contributed by atoms with Crippen LogP contribution >= 0.6 is 0 Å². The lowest BCUT2D eigenvalue weighted by Gasteiger charge is -2.35. The van der Waals surface area contributed by atoms with Gasteiger partial charge >= 0.3 is 6.03 Å². The molecule has 0 aromatic rings. The zero-order chi connectivity index (χ0) is 12.5. The van der Waals surface area contributed by atoms with E-state index in [1.807, 2.05) is 13.0 Å². The number of hydrogen-bond donors (Lipinski definition) is 1. The number of rotatable bonds is 2. The van der Waals surface area contributed by atoms with E-state index in [9.17, 15) is 14.4 Å². The van der Waals surface area contributed by atoms with E-state index in [2.05, 4.69) is 5.32 Å². The van der Waals surface area contributed by atoms with Gasteiger partial charge in [0, 0.05) is 7.05 Å². The smallest absolute Gasteiger partial charge is 0.276 e. The van der Waals surface area contributed by atoms with Crippen LogP contribution in [0.15, 0.2) is 11.6 Å². The summed E-state index contributed by atoms with van der Waals surface area (Å²) >= 11 is 0. The van der Waals surface area contributed by atoms with Crippen LogP contribution in [0.5, 0.6) is 0 Å². The Morgan fingerprint density at radius 2 is 2.00 bits per heavy atom. The van der Waals surface area contributed by atoms with Crippen molar-refractivity contribution in [2.75, 3.05) is 7.05 Å². The number of nitrogens with one attached hydrogen (secondary N) is 1. The second kappa shape index (κ2) is 4.08. The van der Waals surface area contributed by atoms with Gasteiger partial charge in [-0.1, -0.05) is 18.6 Å². The molecular formula is C11H16N2O3. The van der Waals surface area contributed by atoms with Gasteiger partial charge in [-0.15, -0.1) is 0 Å². The van der Waals surface area contributed by atoms with Gasteiger partial charge in [-0.05, 0) is 20.3 Å². The number of imide groups is 2. The molecule has 1 saturated heterocycles. The SMILES string of the molecule is CC/C=C(/C)C1(C)C(=O)NC(=O)N(C)C1=O. The van der Waals surface area contributed by atoms with E-state index in [4.69, 9.17) is 0 Å². The highest BCUT2D eigenvalue weighted by molar-refractivity contribution is 6.20. The first kappa shape index (κ1) is 12.4. The fourth-order valence-corrected chi connectivity index (χ4v) is 1.69. The third-order valence-electron chi connectivity index (χ3n) is 3.01. The third-order valence-corrected chi connectivity index (χ3v) is 3.01. The van der Waals surface area contributed by atoms with Crippen molar-refractivity contribution in [2.24, 2.45) is 5.41 Å². The van der Waals surface area contributed by atoms with Crippen LogP contribution in [0.1, 0.15) is 27.2 Å². The number of urea groups is 1. The lowest BCUT2D eigenvalue weighted by molar-refractivity contribution is -0.146. The molecule has 1 aliphatic rings. The summed E-state index contributed by atoms with van der Waals surface area (Å²) in [6, 6.07) is -0.670. The van der Waals surface area contributed by atoms with Crippen molar-refractivity contribution < 1.29 is 14.4 Å². The van der Waals surface area contributed by atoms with Crippen LogP contribution in [0.25, 0.3) is 0 Å². The maximum Gasteiger partial charge on any atom is 0.330 e. The van der Waals surface area contributed by atoms with Crippen LogP contribution in [0.4, 0.5) is 4.79 Å². The molecule has 1 rings (SSSR count). The standard InChI is InChI=1S/C11H16N2O3/c1-5-6-7(2)11(3)8(14)12-10(16)13(4)9(11)15/h6H,5H2,1-4H3,(H,12,14,16)/b7-6-. The molecule has 0 aliphatic carbocycles. The summed E-state index contributed by atoms with van der Waals surface area (Å²) in [5.41, 5.74) is -0.601. The number of hydrogen-bond acceptors (Lipinski definition) is 3. The molecule has 16 heavy (non-hydrogen) atoms. The number of carbonyl (C=O) groups excluding carboxylic acids is 3. The minimum atomic E-state index is -1.27. The number of amides is 4. The van der Waals surface area contributed by atoms with Gasteiger partial charge in [-0.25, -0.2) is 4.79 Å². The molecule has 88 valence electrons. The number of carbonyl (C=O) groups is 3. The molecule has 0 bridgehead atoms. The normalized spacial score (nSPS) is 27.1. The van der Waals surface area contributed by atoms with Gasteiger partial charge in [0.1, 0.15) is 5.41 Å². The lowest BCUT2D eigenvalue weighted by atomic mass is 9.79. The molecular weight excluding hydrogens is 208 g/mol. The van der Waals surface area contributed by atoms with Crippen LogP contribution in [0.3, 0.4) is 0 Å². The number of nitrogens with zero attached hydrogens (tertiary/aromatic N) is 1. The summed E-state index contributed by atoms with van der Waals surface area (Å²) in [7, 11) is 1.36. The zero-order valence-electron chi connectivity index (χ0n) is 9.96. The second-order valence-electron chi connectivity index (χ2n) is 4.04. The van der Waals surface area contributed by atoms with Gasteiger partial charge in [-0.3, -0.25) is 19.8 Å². The van der Waals surface area contributed by atoms with Crippen LogP contribution in [0, 0.1) is 5.41 Å². The molecule has 0 radical (unpaired) electrons. The predicted molar refractivity (Wildman–Crippen MR) is 58.5 cm³/mol. The van der Waals surface area contributed by atoms with Gasteiger partial charge in [0.05, 0.1) is 0 Å². The first-order valence-corrected chi connectivity index (χ1v) is 5.16. The van der Waals surface area contributed by atoms with E-state index in [0.717, 1.165) is 11.3 Å². The highest BCUT2D eigenvalue weighted by Gasteiger charge is 2.50. The molecule has 0 spiro atoms. The second-order valence-corrected chi connectivity index (χ2v) is 4.04. The molecule has 5 nitrogen and oxygen atoms in total. The van der Waals surface area contributed by atoms with E-state index in [1.54, 1.807) is 6.92 Å². The largest absolute Gasteiger partial charge is 0.330 e. The van der Waals surface area contributed by atoms with E-state index in [-0.39, 0.29) is 0 Å². The zero-order valence-corrected chi connectivity index (χ0v) is 9.96. The summed E-state index contributed by atoms with van der Waals surface area (Å²) in [6.07, 6.45) is 2.56. The van der Waals surface area contributed by atoms with E-state index >= 15 is 0 Å². The van der Waals surface area contributed by atoms with Crippen LogP contribution in [-0.4, -0.2) is 29.8 Å². The monoisotopic (exact) mass is 224 g/mol. The third kappa shape index (κ3) is 1.62. The Labute approximate surface area is 94.5 Å². The van der Waals surface area contributed by atoms with Crippen LogP contribution in [-0.2, 0) is 9.59 Å². The van der Waals surface area contributed by atoms with Gasteiger partial charge in [-0.2, -0.15) is 0 Å². The van der Waals surface area contributed by atoms with Crippen molar-refractivity contribution in [1.82, 2.24) is 10.2 Å². The number of barbiturate groups is 1. The Morgan fingerprint density at radius 3 is 2.50 bits per heavy atom. The molecule has 1 fully saturated rings. The van der Waals surface area contributed by atoms with E-state index in [0.29, 0.717) is 5.57 Å². The molecule has 1 N–H and O–H groups in total. The summed E-state index contributed by atoms with van der Waals surface area (Å²) in [6.45, 7) is 5.19. The highest BCUT2D eigenvalue weighted by Crippen LogP contribution is 2.32. The average Bonchev–Trinajstić information content (AvgIpc) is 2.24. The molecule has 4 amide bonds. The Balaban J connectivity index is 3.20. The topological polar surface area (TPSA) is 66.5 Å². The summed E-state index contributed by atoms with van der Waals surface area (Å²) < 4.78 is 0. The van der Waals surface area contributed by atoms with Gasteiger partial charge in [0.2, 0.25) is 11.8 Å². The molecule has 1 unspecified atom stereocenters. The van der Waals surface area contributed by atoms with Gasteiger partial charge in [0.25, 0.3) is 0 Å².